The lowest BCUT2D eigenvalue weighted by Crippen LogP contribution is -1.97. The summed E-state index contributed by atoms with van der Waals surface area (Å²) in [5.74, 6) is 0. The summed E-state index contributed by atoms with van der Waals surface area (Å²) in [5.41, 5.74) is 6.57. The van der Waals surface area contributed by atoms with Gasteiger partial charge in [0.25, 0.3) is 0 Å². The van der Waals surface area contributed by atoms with E-state index in [0.717, 1.165) is 0 Å². The highest BCUT2D eigenvalue weighted by atomic mass is 35.5. The molecule has 0 heterocycles. The van der Waals surface area contributed by atoms with Crippen LogP contribution in [0.4, 0.5) is 0 Å². The van der Waals surface area contributed by atoms with Crippen molar-refractivity contribution in [3.05, 3.63) is 27.2 Å². The van der Waals surface area contributed by atoms with E-state index in [9.17, 15) is 4.57 Å². The van der Waals surface area contributed by atoms with Crippen molar-refractivity contribution < 1.29 is 4.57 Å². The minimum Gasteiger partial charge on any atom is -0.254 e. The van der Waals surface area contributed by atoms with Gasteiger partial charge in [0.15, 0.2) is 0 Å². The molecule has 13 heavy (non-hydrogen) atoms. The molecule has 0 aliphatic heterocycles. The van der Waals surface area contributed by atoms with Gasteiger partial charge in [-0.3, -0.25) is 4.57 Å². The van der Waals surface area contributed by atoms with E-state index in [1.54, 1.807) is 0 Å². The molecular weight excluding hydrogens is 253 g/mol. The summed E-state index contributed by atoms with van der Waals surface area (Å²) >= 11 is 17.1. The summed E-state index contributed by atoms with van der Waals surface area (Å²) in [6.45, 7) is 0. The summed E-state index contributed by atoms with van der Waals surface area (Å²) < 4.78 is 11.1. The van der Waals surface area contributed by atoms with Crippen LogP contribution in [0.1, 0.15) is 0 Å². The molecular formula is C6H3Cl3N2OP. The molecule has 0 amide bonds. The van der Waals surface area contributed by atoms with Crippen LogP contribution in [-0.4, -0.2) is 0 Å². The second-order valence-electron chi connectivity index (χ2n) is 2.07. The quantitative estimate of drug-likeness (QED) is 0.484. The molecule has 1 N–H and O–H groups in total. The van der Waals surface area contributed by atoms with Gasteiger partial charge in [0, 0.05) is 0 Å². The van der Waals surface area contributed by atoms with Gasteiger partial charge in [0.1, 0.15) is 0 Å². The molecule has 0 aliphatic carbocycles. The molecule has 1 radical (unpaired) electrons. The molecule has 0 fully saturated rings. The van der Waals surface area contributed by atoms with Crippen molar-refractivity contribution in [2.24, 2.45) is 4.88 Å². The third-order valence-electron chi connectivity index (χ3n) is 1.31. The van der Waals surface area contributed by atoms with Crippen LogP contribution in [0.5, 0.6) is 0 Å². The van der Waals surface area contributed by atoms with Gasteiger partial charge in [-0.2, -0.15) is 5.53 Å². The molecule has 0 bridgehead atoms. The van der Waals surface area contributed by atoms with Crippen LogP contribution in [0.3, 0.4) is 0 Å². The van der Waals surface area contributed by atoms with Crippen LogP contribution in [0, 0.1) is 5.53 Å². The van der Waals surface area contributed by atoms with E-state index < -0.39 is 7.95 Å². The first-order valence-electron chi connectivity index (χ1n) is 3.06. The van der Waals surface area contributed by atoms with Crippen LogP contribution >= 0.6 is 42.8 Å². The van der Waals surface area contributed by atoms with Crippen LogP contribution in [0.25, 0.3) is 0 Å². The van der Waals surface area contributed by atoms with Gasteiger partial charge in [0.05, 0.1) is 20.4 Å². The zero-order valence-corrected chi connectivity index (χ0v) is 9.25. The van der Waals surface area contributed by atoms with Gasteiger partial charge in [0.2, 0.25) is 7.95 Å². The predicted molar refractivity (Wildman–Crippen MR) is 53.9 cm³/mol. The molecule has 1 aromatic carbocycles. The number of hydrogen-bond acceptors (Lipinski definition) is 2. The molecule has 0 aromatic heterocycles. The van der Waals surface area contributed by atoms with Crippen LogP contribution < -0.4 is 5.30 Å². The van der Waals surface area contributed by atoms with Crippen LogP contribution in [0.15, 0.2) is 17.0 Å². The fraction of sp³-hybridized carbons (Fsp3) is 0. The highest BCUT2D eigenvalue weighted by molar-refractivity contribution is 7.52. The van der Waals surface area contributed by atoms with Crippen molar-refractivity contribution in [2.45, 2.75) is 0 Å². The molecule has 0 spiro atoms. The average molecular weight is 256 g/mol. The molecule has 0 saturated heterocycles. The van der Waals surface area contributed by atoms with E-state index in [4.69, 9.17) is 40.3 Å². The summed E-state index contributed by atoms with van der Waals surface area (Å²) in [4.78, 5) is 2.86. The molecule has 69 valence electrons. The standard InChI is InChI=1S/C6H3Cl3N2OP/c7-3-1-2-4(13(12)11-10)6(9)5(3)8/h1-2,10H. The Morgan fingerprint density at radius 3 is 2.38 bits per heavy atom. The number of hydrogen-bond donors (Lipinski definition) is 1. The molecule has 0 saturated carbocycles. The topological polar surface area (TPSA) is 53.3 Å². The zero-order valence-electron chi connectivity index (χ0n) is 6.09. The van der Waals surface area contributed by atoms with E-state index in [0.29, 0.717) is 0 Å². The number of benzene rings is 1. The highest BCUT2D eigenvalue weighted by Gasteiger charge is 2.13. The van der Waals surface area contributed by atoms with Crippen molar-refractivity contribution in [1.82, 2.24) is 0 Å². The number of nitrogens with one attached hydrogen (secondary N) is 1. The minimum absolute atomic E-state index is 0.0891. The third kappa shape index (κ3) is 2.18. The second kappa shape index (κ2) is 4.34. The maximum Gasteiger partial charge on any atom is 0.248 e. The summed E-state index contributed by atoms with van der Waals surface area (Å²) in [6, 6.07) is 2.90. The molecule has 1 rings (SSSR count). The first-order chi connectivity index (χ1) is 6.07. The van der Waals surface area contributed by atoms with Crippen LogP contribution in [0.2, 0.25) is 15.1 Å². The molecule has 0 aliphatic rings. The van der Waals surface area contributed by atoms with E-state index in [-0.39, 0.29) is 20.4 Å². The van der Waals surface area contributed by atoms with Gasteiger partial charge in [-0.25, -0.2) is 0 Å². The number of nitrogens with zero attached hydrogens (tertiary/aromatic N) is 1. The highest BCUT2D eigenvalue weighted by Crippen LogP contribution is 2.34. The van der Waals surface area contributed by atoms with Gasteiger partial charge in [-0.1, -0.05) is 34.8 Å². The van der Waals surface area contributed by atoms with Gasteiger partial charge < -0.3 is 0 Å². The van der Waals surface area contributed by atoms with E-state index >= 15 is 0 Å². The van der Waals surface area contributed by atoms with Crippen molar-refractivity contribution in [3.8, 4) is 0 Å². The van der Waals surface area contributed by atoms with E-state index in [2.05, 4.69) is 4.88 Å². The van der Waals surface area contributed by atoms with Crippen LogP contribution in [-0.2, 0) is 4.57 Å². The first-order valence-corrected chi connectivity index (χ1v) is 5.40. The number of halogens is 3. The fourth-order valence-corrected chi connectivity index (χ4v) is 2.13. The number of rotatable bonds is 2. The smallest absolute Gasteiger partial charge is 0.248 e. The molecule has 1 unspecified atom stereocenters. The Balaban J connectivity index is 3.33. The van der Waals surface area contributed by atoms with E-state index in [1.165, 1.54) is 12.1 Å². The van der Waals surface area contributed by atoms with Crippen molar-refractivity contribution in [2.75, 3.05) is 0 Å². The van der Waals surface area contributed by atoms with Crippen molar-refractivity contribution >= 4 is 48.1 Å². The van der Waals surface area contributed by atoms with Crippen molar-refractivity contribution in [1.29, 1.82) is 5.53 Å². The van der Waals surface area contributed by atoms with Gasteiger partial charge in [-0.05, 0) is 12.1 Å². The normalized spacial score (nSPS) is 11.2. The Morgan fingerprint density at radius 2 is 1.85 bits per heavy atom. The zero-order chi connectivity index (χ0) is 10.0. The monoisotopic (exact) mass is 255 g/mol. The third-order valence-corrected chi connectivity index (χ3v) is 3.70. The second-order valence-corrected chi connectivity index (χ2v) is 4.46. The minimum atomic E-state index is -2.16. The Kier molecular flexibility index (Phi) is 3.63. The predicted octanol–water partition coefficient (Wildman–Crippen LogP) is 4.05. The SMILES string of the molecule is N=N[P](=O)c1ccc(Cl)c(Cl)c1Cl. The van der Waals surface area contributed by atoms with Crippen molar-refractivity contribution in [3.63, 3.8) is 0 Å². The largest absolute Gasteiger partial charge is 0.254 e. The lowest BCUT2D eigenvalue weighted by molar-refractivity contribution is 0.592. The maximum atomic E-state index is 11.1. The van der Waals surface area contributed by atoms with Gasteiger partial charge in [-0.15, -0.1) is 4.88 Å². The Hall–Kier alpha value is -0.210. The molecule has 3 nitrogen and oxygen atoms in total. The Morgan fingerprint density at radius 1 is 1.23 bits per heavy atom. The van der Waals surface area contributed by atoms with E-state index in [1.807, 2.05) is 0 Å². The Labute approximate surface area is 90.3 Å². The summed E-state index contributed by atoms with van der Waals surface area (Å²) in [7, 11) is -2.16. The Bertz CT molecular complexity index is 382. The average Bonchev–Trinajstić information content (AvgIpc) is 2.13. The lowest BCUT2D eigenvalue weighted by Gasteiger charge is -2.02. The maximum absolute atomic E-state index is 11.1. The molecule has 1 aromatic rings. The first kappa shape index (κ1) is 10.9. The molecule has 1 atom stereocenters. The molecule has 7 heteroatoms. The van der Waals surface area contributed by atoms with Gasteiger partial charge >= 0.3 is 0 Å². The fourth-order valence-electron chi connectivity index (χ4n) is 0.717. The summed E-state index contributed by atoms with van der Waals surface area (Å²) in [5, 5.41) is 0.726. The summed E-state index contributed by atoms with van der Waals surface area (Å²) in [6.07, 6.45) is 0. The lowest BCUT2D eigenvalue weighted by atomic mass is 10.4.